The molecule has 0 bridgehead atoms. The molecule has 2 aliphatic heterocycles. The zero-order chi connectivity index (χ0) is 15.3. The number of nitrogens with one attached hydrogen (secondary N) is 1. The molecule has 1 N–H and O–H groups in total. The molecule has 0 atom stereocenters. The zero-order valence-corrected chi connectivity index (χ0v) is 13.9. The van der Waals surface area contributed by atoms with E-state index < -0.39 is 10.0 Å². The molecule has 21 heavy (non-hydrogen) atoms. The lowest BCUT2D eigenvalue weighted by Crippen LogP contribution is -2.43. The normalized spacial score (nSPS) is 22.7. The third-order valence-electron chi connectivity index (χ3n) is 4.59. The molecular formula is C14H20N2O3S2. The Hall–Kier alpha value is -0.920. The molecule has 1 amide bonds. The van der Waals surface area contributed by atoms with E-state index in [2.05, 4.69) is 5.32 Å². The van der Waals surface area contributed by atoms with Gasteiger partial charge in [0.25, 0.3) is 0 Å². The van der Waals surface area contributed by atoms with E-state index >= 15 is 0 Å². The highest BCUT2D eigenvalue weighted by Crippen LogP contribution is 2.39. The van der Waals surface area contributed by atoms with Crippen molar-refractivity contribution >= 4 is 27.3 Å². The number of piperidine rings is 1. The van der Waals surface area contributed by atoms with Crippen LogP contribution in [0.15, 0.2) is 11.0 Å². The van der Waals surface area contributed by atoms with E-state index in [9.17, 15) is 13.2 Å². The van der Waals surface area contributed by atoms with Crippen LogP contribution in [0.1, 0.15) is 29.0 Å². The number of hydrogen-bond donors (Lipinski definition) is 1. The van der Waals surface area contributed by atoms with Crippen LogP contribution in [0.2, 0.25) is 0 Å². The number of sulfonamides is 1. The van der Waals surface area contributed by atoms with E-state index in [1.165, 1.54) is 11.3 Å². The maximum Gasteiger partial charge on any atom is 0.244 e. The molecule has 0 radical (unpaired) electrons. The lowest BCUT2D eigenvalue weighted by atomic mass is 9.78. The first kappa shape index (κ1) is 15.0. The highest BCUT2D eigenvalue weighted by Gasteiger charge is 2.43. The molecule has 2 saturated heterocycles. The van der Waals surface area contributed by atoms with Crippen LogP contribution in [-0.4, -0.2) is 38.3 Å². The second-order valence-corrected chi connectivity index (χ2v) is 9.50. The van der Waals surface area contributed by atoms with Gasteiger partial charge in [0, 0.05) is 35.8 Å². The van der Waals surface area contributed by atoms with Crippen molar-refractivity contribution in [3.8, 4) is 0 Å². The largest absolute Gasteiger partial charge is 0.356 e. The summed E-state index contributed by atoms with van der Waals surface area (Å²) in [6.45, 7) is 5.49. The molecule has 5 nitrogen and oxygen atoms in total. The Balaban J connectivity index is 1.77. The SMILES string of the molecule is Cc1cc(S(=O)(=O)N2CCC3(CC2)CNC(=O)C3)c(C)s1. The first-order valence-electron chi connectivity index (χ1n) is 7.16. The summed E-state index contributed by atoms with van der Waals surface area (Å²) in [4.78, 5) is 13.7. The fraction of sp³-hybridized carbons (Fsp3) is 0.643. The van der Waals surface area contributed by atoms with Gasteiger partial charge in [0.2, 0.25) is 15.9 Å². The molecule has 1 spiro atoms. The summed E-state index contributed by atoms with van der Waals surface area (Å²) in [5.74, 6) is 0.0932. The number of nitrogens with zero attached hydrogens (tertiary/aromatic N) is 1. The fourth-order valence-corrected chi connectivity index (χ4v) is 6.27. The molecule has 0 aliphatic carbocycles. The van der Waals surface area contributed by atoms with E-state index in [1.54, 1.807) is 10.4 Å². The van der Waals surface area contributed by atoms with Gasteiger partial charge in [0.15, 0.2) is 0 Å². The van der Waals surface area contributed by atoms with Gasteiger partial charge in [-0.05, 0) is 38.2 Å². The van der Waals surface area contributed by atoms with E-state index in [4.69, 9.17) is 0 Å². The van der Waals surface area contributed by atoms with Gasteiger partial charge >= 0.3 is 0 Å². The molecule has 3 heterocycles. The molecule has 2 aliphatic rings. The number of carbonyl (C=O) groups is 1. The molecule has 0 aromatic carbocycles. The Morgan fingerprint density at radius 1 is 1.29 bits per heavy atom. The number of carbonyl (C=O) groups excluding carboxylic acids is 1. The molecule has 0 unspecified atom stereocenters. The van der Waals surface area contributed by atoms with E-state index in [0.29, 0.717) is 31.0 Å². The summed E-state index contributed by atoms with van der Waals surface area (Å²) >= 11 is 1.52. The molecule has 1 aromatic rings. The van der Waals surface area contributed by atoms with Crippen molar-refractivity contribution in [3.05, 3.63) is 15.8 Å². The number of hydrogen-bond acceptors (Lipinski definition) is 4. The zero-order valence-electron chi connectivity index (χ0n) is 12.3. The molecule has 7 heteroatoms. The minimum atomic E-state index is -3.39. The van der Waals surface area contributed by atoms with Crippen molar-refractivity contribution in [3.63, 3.8) is 0 Å². The summed E-state index contributed by atoms with van der Waals surface area (Å²) in [5.41, 5.74) is -0.0251. The van der Waals surface area contributed by atoms with Crippen LogP contribution in [0, 0.1) is 19.3 Å². The summed E-state index contributed by atoms with van der Waals surface area (Å²) in [5, 5.41) is 2.87. The molecule has 2 fully saturated rings. The van der Waals surface area contributed by atoms with Crippen molar-refractivity contribution in [2.45, 2.75) is 38.0 Å². The van der Waals surface area contributed by atoms with Crippen molar-refractivity contribution in [2.24, 2.45) is 5.41 Å². The first-order valence-corrected chi connectivity index (χ1v) is 9.42. The van der Waals surface area contributed by atoms with Gasteiger partial charge in [-0.15, -0.1) is 11.3 Å². The Labute approximate surface area is 129 Å². The minimum absolute atomic E-state index is 0.0251. The lowest BCUT2D eigenvalue weighted by Gasteiger charge is -2.37. The third-order valence-corrected chi connectivity index (χ3v) is 7.71. The maximum atomic E-state index is 12.7. The van der Waals surface area contributed by atoms with E-state index in [-0.39, 0.29) is 11.3 Å². The predicted octanol–water partition coefficient (Wildman–Crippen LogP) is 1.66. The van der Waals surface area contributed by atoms with Crippen LogP contribution in [0.3, 0.4) is 0 Å². The average Bonchev–Trinajstić information content (AvgIpc) is 2.94. The van der Waals surface area contributed by atoms with Gasteiger partial charge in [0.05, 0.1) is 4.90 Å². The van der Waals surface area contributed by atoms with Crippen LogP contribution in [0.25, 0.3) is 0 Å². The maximum absolute atomic E-state index is 12.7. The van der Waals surface area contributed by atoms with Crippen molar-refractivity contribution in [1.82, 2.24) is 9.62 Å². The highest BCUT2D eigenvalue weighted by atomic mass is 32.2. The molecule has 3 rings (SSSR count). The van der Waals surface area contributed by atoms with Gasteiger partial charge in [-0.2, -0.15) is 4.31 Å². The highest BCUT2D eigenvalue weighted by molar-refractivity contribution is 7.89. The smallest absolute Gasteiger partial charge is 0.244 e. The second-order valence-electron chi connectivity index (χ2n) is 6.14. The number of thiophene rings is 1. The number of amides is 1. The van der Waals surface area contributed by atoms with Crippen molar-refractivity contribution in [1.29, 1.82) is 0 Å². The van der Waals surface area contributed by atoms with Gasteiger partial charge < -0.3 is 5.32 Å². The van der Waals surface area contributed by atoms with Crippen LogP contribution in [-0.2, 0) is 14.8 Å². The summed E-state index contributed by atoms with van der Waals surface area (Å²) in [6, 6.07) is 1.76. The van der Waals surface area contributed by atoms with E-state index in [1.807, 2.05) is 13.8 Å². The van der Waals surface area contributed by atoms with Gasteiger partial charge in [-0.25, -0.2) is 8.42 Å². The lowest BCUT2D eigenvalue weighted by molar-refractivity contribution is -0.119. The van der Waals surface area contributed by atoms with Crippen molar-refractivity contribution in [2.75, 3.05) is 19.6 Å². The van der Waals surface area contributed by atoms with Gasteiger partial charge in [-0.3, -0.25) is 4.79 Å². The molecule has 116 valence electrons. The van der Waals surface area contributed by atoms with Crippen LogP contribution in [0.4, 0.5) is 0 Å². The monoisotopic (exact) mass is 328 g/mol. The first-order chi connectivity index (χ1) is 9.82. The van der Waals surface area contributed by atoms with Gasteiger partial charge in [0.1, 0.15) is 0 Å². The predicted molar refractivity (Wildman–Crippen MR) is 81.8 cm³/mol. The average molecular weight is 328 g/mol. The van der Waals surface area contributed by atoms with Gasteiger partial charge in [-0.1, -0.05) is 0 Å². The van der Waals surface area contributed by atoms with Crippen LogP contribution >= 0.6 is 11.3 Å². The Bertz CT molecular complexity index is 670. The Morgan fingerprint density at radius 3 is 2.43 bits per heavy atom. The molecule has 0 saturated carbocycles. The third kappa shape index (κ3) is 2.62. The molecular weight excluding hydrogens is 308 g/mol. The van der Waals surface area contributed by atoms with Crippen LogP contribution in [0.5, 0.6) is 0 Å². The summed E-state index contributed by atoms with van der Waals surface area (Å²) in [7, 11) is -3.39. The number of rotatable bonds is 2. The topological polar surface area (TPSA) is 66.5 Å². The summed E-state index contributed by atoms with van der Waals surface area (Å²) in [6.07, 6.45) is 2.05. The van der Waals surface area contributed by atoms with Crippen LogP contribution < -0.4 is 5.32 Å². The van der Waals surface area contributed by atoms with Crippen molar-refractivity contribution < 1.29 is 13.2 Å². The minimum Gasteiger partial charge on any atom is -0.356 e. The Kier molecular flexibility index (Phi) is 3.62. The number of aryl methyl sites for hydroxylation is 2. The molecule has 1 aromatic heterocycles. The van der Waals surface area contributed by atoms with E-state index in [0.717, 1.165) is 22.6 Å². The second kappa shape index (κ2) is 5.07. The Morgan fingerprint density at radius 2 is 1.95 bits per heavy atom. The fourth-order valence-electron chi connectivity index (χ4n) is 3.31. The standard InChI is InChI=1S/C14H20N2O3S2/c1-10-7-12(11(2)20-10)21(18,19)16-5-3-14(4-6-16)8-13(17)15-9-14/h7H,3-6,8-9H2,1-2H3,(H,15,17). The quantitative estimate of drug-likeness (QED) is 0.898. The summed E-state index contributed by atoms with van der Waals surface area (Å²) < 4.78 is 27.1.